The van der Waals surface area contributed by atoms with Crippen LogP contribution in [0.25, 0.3) is 0 Å². The minimum atomic E-state index is 0. The summed E-state index contributed by atoms with van der Waals surface area (Å²) >= 11 is 0. The molecule has 0 unspecified atom stereocenters. The number of hydrogen-bond acceptors (Lipinski definition) is 0. The number of benzene rings is 1. The van der Waals surface area contributed by atoms with E-state index in [0.717, 1.165) is 0 Å². The Hall–Kier alpha value is -0.780. The Morgan fingerprint density at radius 1 is 1.43 bits per heavy atom. The minimum absolute atomic E-state index is 0. The van der Waals surface area contributed by atoms with Gasteiger partial charge in [0.15, 0.2) is 0 Å². The highest BCUT2D eigenvalue weighted by Gasteiger charge is 1.72. The summed E-state index contributed by atoms with van der Waals surface area (Å²) in [5.74, 6) is 0. The molecule has 0 amide bonds. The number of rotatable bonds is 0. The van der Waals surface area contributed by atoms with E-state index in [1.165, 1.54) is 5.56 Å². The van der Waals surface area contributed by atoms with Crippen LogP contribution < -0.4 is 0 Å². The van der Waals surface area contributed by atoms with Crippen molar-refractivity contribution in [1.82, 2.24) is 0 Å². The van der Waals surface area contributed by atoms with Gasteiger partial charge in [-0.15, -0.1) is 0 Å². The summed E-state index contributed by atoms with van der Waals surface area (Å²) in [6.45, 7) is 2.06. The van der Waals surface area contributed by atoms with E-state index in [2.05, 4.69) is 13.0 Å². The van der Waals surface area contributed by atoms with E-state index in [0.29, 0.717) is 0 Å². The maximum absolute atomic E-state index is 2.93. The van der Waals surface area contributed by atoms with Crippen LogP contribution in [0.4, 0.5) is 0 Å². The molecule has 0 bridgehead atoms. The van der Waals surface area contributed by atoms with E-state index < -0.39 is 0 Å². The standard InChI is InChI=1S/C7H7/c1-7-5-3-2-4-6-7/h3-6H,1H3/p+1. The molecule has 0 N–H and O–H groups in total. The Bertz CT molecular complexity index is 134. The van der Waals surface area contributed by atoms with Crippen LogP contribution in [-0.2, 0) is 0 Å². The van der Waals surface area contributed by atoms with Gasteiger partial charge in [0, 0.05) is 0 Å². The fourth-order valence-electron chi connectivity index (χ4n) is 0.470. The Labute approximate surface area is 45.3 Å². The fourth-order valence-corrected chi connectivity index (χ4v) is 0.470. The van der Waals surface area contributed by atoms with Crippen LogP contribution in [0.1, 0.15) is 6.99 Å². The highest BCUT2D eigenvalue weighted by molar-refractivity contribution is 5.10. The smallest absolute Gasteiger partial charge is 0.0587 e. The second-order valence-corrected chi connectivity index (χ2v) is 1.58. The molecule has 1 radical (unpaired) electrons. The molecule has 7 heavy (non-hydrogen) atoms. The lowest BCUT2D eigenvalue weighted by Gasteiger charge is -1.82. The SMILES string of the molecule is Cc1cc[c]cc1.[H+]. The Morgan fingerprint density at radius 2 is 2.00 bits per heavy atom. The highest BCUT2D eigenvalue weighted by Crippen LogP contribution is 1.91. The van der Waals surface area contributed by atoms with Crippen LogP contribution in [0.5, 0.6) is 0 Å². The van der Waals surface area contributed by atoms with Gasteiger partial charge >= 0.3 is 1.43 Å². The van der Waals surface area contributed by atoms with Crippen LogP contribution >= 0.6 is 0 Å². The van der Waals surface area contributed by atoms with Crippen molar-refractivity contribution in [2.75, 3.05) is 0 Å². The average Bonchev–Trinajstić information content (AvgIpc) is 1.69. The van der Waals surface area contributed by atoms with Crippen molar-refractivity contribution in [3.05, 3.63) is 35.9 Å². The van der Waals surface area contributed by atoms with Crippen molar-refractivity contribution < 1.29 is 1.43 Å². The van der Waals surface area contributed by atoms with E-state index >= 15 is 0 Å². The van der Waals surface area contributed by atoms with Crippen molar-refractivity contribution >= 4 is 0 Å². The highest BCUT2D eigenvalue weighted by atomic mass is 13.8. The first-order chi connectivity index (χ1) is 3.39. The van der Waals surface area contributed by atoms with E-state index in [-0.39, 0.29) is 1.43 Å². The first kappa shape index (κ1) is 4.38. The summed E-state index contributed by atoms with van der Waals surface area (Å²) in [5, 5.41) is 0. The van der Waals surface area contributed by atoms with Gasteiger partial charge < -0.3 is 0 Å². The molecule has 0 atom stereocenters. The molecular weight excluding hydrogens is 84.1 g/mol. The van der Waals surface area contributed by atoms with E-state index in [1.807, 2.05) is 24.3 Å². The quantitative estimate of drug-likeness (QED) is 0.458. The Morgan fingerprint density at radius 3 is 2.29 bits per heavy atom. The summed E-state index contributed by atoms with van der Waals surface area (Å²) in [6, 6.07) is 10.8. The lowest BCUT2D eigenvalue weighted by Crippen LogP contribution is -1.63. The molecule has 0 saturated heterocycles. The molecule has 0 aliphatic carbocycles. The molecule has 1 aromatic rings. The molecular formula is C7H8+. The van der Waals surface area contributed by atoms with Crippen molar-refractivity contribution in [2.45, 2.75) is 6.92 Å². The van der Waals surface area contributed by atoms with Gasteiger partial charge in [0.05, 0.1) is 0 Å². The third-order valence-electron chi connectivity index (χ3n) is 0.885. The molecule has 0 aliphatic heterocycles. The first-order valence-corrected chi connectivity index (χ1v) is 2.32. The van der Waals surface area contributed by atoms with Crippen molar-refractivity contribution in [1.29, 1.82) is 0 Å². The molecule has 0 aromatic heterocycles. The van der Waals surface area contributed by atoms with Gasteiger partial charge in [0.25, 0.3) is 0 Å². The van der Waals surface area contributed by atoms with Gasteiger partial charge in [0.2, 0.25) is 0 Å². The van der Waals surface area contributed by atoms with E-state index in [1.54, 1.807) is 0 Å². The lowest BCUT2D eigenvalue weighted by molar-refractivity contribution is 1.47. The van der Waals surface area contributed by atoms with Crippen LogP contribution in [0.3, 0.4) is 0 Å². The van der Waals surface area contributed by atoms with Crippen LogP contribution in [0.15, 0.2) is 24.3 Å². The van der Waals surface area contributed by atoms with E-state index in [9.17, 15) is 0 Å². The average molecular weight is 92.1 g/mol. The predicted octanol–water partition coefficient (Wildman–Crippen LogP) is 1.91. The molecule has 1 rings (SSSR count). The molecule has 0 heterocycles. The molecule has 1 aromatic carbocycles. The Balaban J connectivity index is 0.000000490. The molecule has 0 heteroatoms. The van der Waals surface area contributed by atoms with Gasteiger partial charge in [-0.2, -0.15) is 0 Å². The third kappa shape index (κ3) is 1.04. The van der Waals surface area contributed by atoms with Crippen LogP contribution in [-0.4, -0.2) is 0 Å². The monoisotopic (exact) mass is 92.1 g/mol. The maximum atomic E-state index is 2.93. The Kier molecular flexibility index (Phi) is 1.12. The van der Waals surface area contributed by atoms with Gasteiger partial charge in [0.1, 0.15) is 0 Å². The fraction of sp³-hybridized carbons (Fsp3) is 0.143. The zero-order valence-corrected chi connectivity index (χ0v) is 4.31. The lowest BCUT2D eigenvalue weighted by atomic mass is 10.2. The summed E-state index contributed by atoms with van der Waals surface area (Å²) in [4.78, 5) is 0. The molecule has 35 valence electrons. The molecule has 0 nitrogen and oxygen atoms in total. The minimum Gasteiger partial charge on any atom is -0.0587 e. The van der Waals surface area contributed by atoms with Gasteiger partial charge in [-0.1, -0.05) is 29.8 Å². The van der Waals surface area contributed by atoms with Crippen LogP contribution in [0.2, 0.25) is 0 Å². The van der Waals surface area contributed by atoms with Gasteiger partial charge in [-0.05, 0) is 13.0 Å². The summed E-state index contributed by atoms with van der Waals surface area (Å²) in [5.41, 5.74) is 1.29. The number of hydrogen-bond donors (Lipinski definition) is 0. The first-order valence-electron chi connectivity index (χ1n) is 2.32. The predicted molar refractivity (Wildman–Crippen MR) is 31.1 cm³/mol. The molecule has 0 spiro atoms. The van der Waals surface area contributed by atoms with Crippen molar-refractivity contribution in [3.63, 3.8) is 0 Å². The van der Waals surface area contributed by atoms with E-state index in [4.69, 9.17) is 0 Å². The molecule has 0 fully saturated rings. The maximum Gasteiger partial charge on any atom is 1.00 e. The summed E-state index contributed by atoms with van der Waals surface area (Å²) < 4.78 is 0. The summed E-state index contributed by atoms with van der Waals surface area (Å²) in [7, 11) is 0. The second kappa shape index (κ2) is 1.78. The third-order valence-corrected chi connectivity index (χ3v) is 0.885. The van der Waals surface area contributed by atoms with Crippen molar-refractivity contribution in [3.8, 4) is 0 Å². The molecule has 0 aliphatic rings. The topological polar surface area (TPSA) is 0 Å². The second-order valence-electron chi connectivity index (χ2n) is 1.58. The summed E-state index contributed by atoms with van der Waals surface area (Å²) in [6.07, 6.45) is 0. The number of aryl methyl sites for hydroxylation is 1. The van der Waals surface area contributed by atoms with Crippen LogP contribution in [0, 0.1) is 13.0 Å². The zero-order valence-electron chi connectivity index (χ0n) is 5.31. The van der Waals surface area contributed by atoms with Crippen molar-refractivity contribution in [2.24, 2.45) is 0 Å². The van der Waals surface area contributed by atoms with Gasteiger partial charge in [-0.3, -0.25) is 0 Å². The zero-order chi connectivity index (χ0) is 5.11. The molecule has 0 saturated carbocycles. The van der Waals surface area contributed by atoms with Gasteiger partial charge in [-0.25, -0.2) is 0 Å². The largest absolute Gasteiger partial charge is 1.00 e. The normalized spacial score (nSPS) is 8.71.